The Bertz CT molecular complexity index is 1710. The van der Waals surface area contributed by atoms with Gasteiger partial charge in [-0.2, -0.15) is 0 Å². The SMILES string of the molecule is CC(C)(C)OC(=O)C1CC(S(=O)(=O)c2ccccc2)C(c2ccccc2F)N1C(=O)Cc1c(NC(N)=O)cccc1C(=O)O. The van der Waals surface area contributed by atoms with Crippen LogP contribution in [0.1, 0.15) is 54.7 Å². The lowest BCUT2D eigenvalue weighted by atomic mass is 9.99. The molecular weight excluding hydrogens is 593 g/mol. The van der Waals surface area contributed by atoms with Crippen molar-refractivity contribution in [3.8, 4) is 0 Å². The summed E-state index contributed by atoms with van der Waals surface area (Å²) >= 11 is 0. The van der Waals surface area contributed by atoms with Gasteiger partial charge in [0.2, 0.25) is 5.91 Å². The van der Waals surface area contributed by atoms with Crippen LogP contribution in [0, 0.1) is 5.82 Å². The number of nitrogens with one attached hydrogen (secondary N) is 1. The molecule has 0 aliphatic carbocycles. The fourth-order valence-electron chi connectivity index (χ4n) is 5.36. The van der Waals surface area contributed by atoms with Crippen molar-refractivity contribution in [2.75, 3.05) is 5.32 Å². The first-order valence-electron chi connectivity index (χ1n) is 13.6. The van der Waals surface area contributed by atoms with Crippen molar-refractivity contribution in [3.63, 3.8) is 0 Å². The lowest BCUT2D eigenvalue weighted by molar-refractivity contribution is -0.164. The van der Waals surface area contributed by atoms with Gasteiger partial charge in [-0.05, 0) is 63.1 Å². The zero-order chi connectivity index (χ0) is 32.4. The molecule has 1 aliphatic heterocycles. The molecule has 44 heavy (non-hydrogen) atoms. The number of carbonyl (C=O) groups excluding carboxylic acids is 3. The number of amides is 3. The van der Waals surface area contributed by atoms with E-state index in [0.717, 1.165) is 11.0 Å². The van der Waals surface area contributed by atoms with E-state index >= 15 is 4.39 Å². The predicted molar refractivity (Wildman–Crippen MR) is 158 cm³/mol. The first-order chi connectivity index (χ1) is 20.6. The number of primary amides is 1. The van der Waals surface area contributed by atoms with Crippen LogP contribution >= 0.6 is 0 Å². The molecule has 3 aromatic rings. The number of carboxylic acids is 1. The summed E-state index contributed by atoms with van der Waals surface area (Å²) < 4.78 is 49.2. The first kappa shape index (κ1) is 32.1. The van der Waals surface area contributed by atoms with E-state index in [1.165, 1.54) is 60.7 Å². The smallest absolute Gasteiger partial charge is 0.336 e. The Balaban J connectivity index is 1.92. The lowest BCUT2D eigenvalue weighted by Gasteiger charge is -2.33. The molecule has 1 fully saturated rings. The number of halogens is 1. The van der Waals surface area contributed by atoms with E-state index in [0.29, 0.717) is 0 Å². The number of carbonyl (C=O) groups is 4. The van der Waals surface area contributed by atoms with Crippen molar-refractivity contribution in [3.05, 3.63) is 95.3 Å². The number of nitrogens with two attached hydrogens (primary N) is 1. The first-order valence-corrected chi connectivity index (χ1v) is 15.2. The van der Waals surface area contributed by atoms with E-state index in [-0.39, 0.29) is 27.3 Å². The molecular formula is C31H32FN3O8S. The number of esters is 1. The van der Waals surface area contributed by atoms with Crippen molar-refractivity contribution < 1.29 is 41.8 Å². The Hall–Kier alpha value is -4.78. The highest BCUT2D eigenvalue weighted by Crippen LogP contribution is 2.44. The zero-order valence-corrected chi connectivity index (χ0v) is 25.0. The Morgan fingerprint density at radius 2 is 1.64 bits per heavy atom. The van der Waals surface area contributed by atoms with Crippen LogP contribution in [0.15, 0.2) is 77.7 Å². The summed E-state index contributed by atoms with van der Waals surface area (Å²) in [4.78, 5) is 52.5. The van der Waals surface area contributed by atoms with Gasteiger partial charge in [0.25, 0.3) is 0 Å². The molecule has 11 nitrogen and oxygen atoms in total. The maximum atomic E-state index is 15.5. The van der Waals surface area contributed by atoms with Crippen molar-refractivity contribution in [1.29, 1.82) is 0 Å². The Kier molecular flexibility index (Phi) is 9.09. The molecule has 0 saturated carbocycles. The van der Waals surface area contributed by atoms with E-state index in [1.807, 2.05) is 0 Å². The normalized spacial score (nSPS) is 18.5. The van der Waals surface area contributed by atoms with Gasteiger partial charge in [-0.25, -0.2) is 27.2 Å². The second kappa shape index (κ2) is 12.4. The molecule has 3 amide bonds. The van der Waals surface area contributed by atoms with Crippen LogP contribution in [-0.4, -0.2) is 59.2 Å². The highest BCUT2D eigenvalue weighted by Gasteiger charge is 2.54. The van der Waals surface area contributed by atoms with Gasteiger partial charge in [0.1, 0.15) is 17.5 Å². The average molecular weight is 626 g/mol. The summed E-state index contributed by atoms with van der Waals surface area (Å²) in [6, 6.07) is 12.6. The number of urea groups is 1. The molecule has 0 radical (unpaired) electrons. The molecule has 0 aromatic heterocycles. The number of rotatable bonds is 8. The molecule has 3 unspecified atom stereocenters. The van der Waals surface area contributed by atoms with E-state index in [1.54, 1.807) is 26.8 Å². The van der Waals surface area contributed by atoms with Crippen molar-refractivity contribution in [2.45, 2.75) is 61.4 Å². The molecule has 1 saturated heterocycles. The monoisotopic (exact) mass is 625 g/mol. The maximum absolute atomic E-state index is 15.5. The summed E-state index contributed by atoms with van der Waals surface area (Å²) in [7, 11) is -4.28. The molecule has 1 aliphatic rings. The van der Waals surface area contributed by atoms with Crippen LogP contribution < -0.4 is 11.1 Å². The standard InChI is InChI=1S/C31H32FN3O8S/c1-31(2,3)43-29(39)24-17-25(44(41,42)18-10-5-4-6-11-18)27(20-12-7-8-14-22(20)32)35(24)26(36)16-21-19(28(37)38)13-9-15-23(21)34-30(33)40/h4-15,24-25,27H,16-17H2,1-3H3,(H,37,38)(H3,33,34,40). The number of hydrogen-bond donors (Lipinski definition) is 3. The molecule has 4 N–H and O–H groups in total. The number of nitrogens with zero attached hydrogens (tertiary/aromatic N) is 1. The fraction of sp³-hybridized carbons (Fsp3) is 0.290. The number of likely N-dealkylation sites (tertiary alicyclic amines) is 1. The second-order valence-electron chi connectivity index (χ2n) is 11.3. The van der Waals surface area contributed by atoms with E-state index in [2.05, 4.69) is 5.32 Å². The minimum Gasteiger partial charge on any atom is -0.478 e. The van der Waals surface area contributed by atoms with Crippen LogP contribution in [-0.2, 0) is 30.6 Å². The van der Waals surface area contributed by atoms with Gasteiger partial charge in [0.15, 0.2) is 9.84 Å². The third kappa shape index (κ3) is 6.72. The molecule has 3 aromatic carbocycles. The van der Waals surface area contributed by atoms with Gasteiger partial charge >= 0.3 is 18.0 Å². The summed E-state index contributed by atoms with van der Waals surface area (Å²) in [6.45, 7) is 4.80. The second-order valence-corrected chi connectivity index (χ2v) is 13.4. The number of carboxylic acid groups (broad SMARTS) is 1. The topological polar surface area (TPSA) is 173 Å². The lowest BCUT2D eigenvalue weighted by Crippen LogP contribution is -2.46. The molecule has 0 bridgehead atoms. The summed E-state index contributed by atoms with van der Waals surface area (Å²) in [6.07, 6.45) is -1.13. The third-order valence-corrected chi connectivity index (χ3v) is 9.27. The highest BCUT2D eigenvalue weighted by atomic mass is 32.2. The summed E-state index contributed by atoms with van der Waals surface area (Å²) in [5.74, 6) is -4.04. The van der Waals surface area contributed by atoms with E-state index in [4.69, 9.17) is 10.5 Å². The van der Waals surface area contributed by atoms with E-state index in [9.17, 15) is 32.7 Å². The fourth-order valence-corrected chi connectivity index (χ4v) is 7.30. The van der Waals surface area contributed by atoms with Gasteiger partial charge < -0.3 is 25.8 Å². The minimum absolute atomic E-state index is 0.0744. The average Bonchev–Trinajstić information content (AvgIpc) is 3.35. The van der Waals surface area contributed by atoms with Crippen molar-refractivity contribution in [1.82, 2.24) is 4.90 Å². The third-order valence-electron chi connectivity index (χ3n) is 7.10. The number of hydrogen-bond acceptors (Lipinski definition) is 7. The molecule has 4 rings (SSSR count). The van der Waals surface area contributed by atoms with Crippen LogP contribution in [0.5, 0.6) is 0 Å². The largest absolute Gasteiger partial charge is 0.478 e. The number of anilines is 1. The van der Waals surface area contributed by atoms with Crippen molar-refractivity contribution >= 4 is 39.4 Å². The number of ether oxygens (including phenoxy) is 1. The molecule has 1 heterocycles. The Morgan fingerprint density at radius 3 is 2.23 bits per heavy atom. The molecule has 3 atom stereocenters. The van der Waals surface area contributed by atoms with Gasteiger partial charge in [-0.1, -0.05) is 42.5 Å². The maximum Gasteiger partial charge on any atom is 0.336 e. The quantitative estimate of drug-likeness (QED) is 0.314. The molecule has 13 heteroatoms. The molecule has 0 spiro atoms. The molecule has 232 valence electrons. The number of benzene rings is 3. The zero-order valence-electron chi connectivity index (χ0n) is 24.2. The van der Waals surface area contributed by atoms with Gasteiger partial charge in [0, 0.05) is 11.3 Å². The van der Waals surface area contributed by atoms with Gasteiger partial charge in [-0.15, -0.1) is 0 Å². The van der Waals surface area contributed by atoms with Crippen LogP contribution in [0.25, 0.3) is 0 Å². The van der Waals surface area contributed by atoms with E-state index < -0.39 is 75.3 Å². The van der Waals surface area contributed by atoms with Gasteiger partial charge in [-0.3, -0.25) is 4.79 Å². The summed E-state index contributed by atoms with van der Waals surface area (Å²) in [5.41, 5.74) is 3.53. The van der Waals surface area contributed by atoms with Crippen molar-refractivity contribution in [2.24, 2.45) is 5.73 Å². The minimum atomic E-state index is -4.28. The number of aromatic carboxylic acids is 1. The highest BCUT2D eigenvalue weighted by molar-refractivity contribution is 7.92. The Morgan fingerprint density at radius 1 is 1.00 bits per heavy atom. The Labute approximate surface area is 253 Å². The number of sulfone groups is 1. The van der Waals surface area contributed by atoms with Gasteiger partial charge in [0.05, 0.1) is 28.2 Å². The van der Waals surface area contributed by atoms with Crippen LogP contribution in [0.4, 0.5) is 14.9 Å². The van der Waals surface area contributed by atoms with Crippen LogP contribution in [0.3, 0.4) is 0 Å². The van der Waals surface area contributed by atoms with Crippen LogP contribution in [0.2, 0.25) is 0 Å². The predicted octanol–water partition coefficient (Wildman–Crippen LogP) is 4.08. The summed E-state index contributed by atoms with van der Waals surface area (Å²) in [5, 5.41) is 10.6.